The summed E-state index contributed by atoms with van der Waals surface area (Å²) in [6.45, 7) is 5.14. The zero-order valence-corrected chi connectivity index (χ0v) is 12.9. The van der Waals surface area contributed by atoms with Crippen LogP contribution in [0.25, 0.3) is 6.08 Å². The van der Waals surface area contributed by atoms with E-state index in [0.29, 0.717) is 12.1 Å². The monoisotopic (exact) mass is 285 g/mol. The molecule has 1 N–H and O–H groups in total. The Labute approximate surface area is 126 Å². The third-order valence-electron chi connectivity index (χ3n) is 3.66. The number of benzene rings is 1. The largest absolute Gasteiger partial charge is 0.496 e. The van der Waals surface area contributed by atoms with E-state index >= 15 is 0 Å². The fourth-order valence-corrected chi connectivity index (χ4v) is 2.17. The first-order valence-corrected chi connectivity index (χ1v) is 7.24. The molecule has 4 nitrogen and oxygen atoms in total. The number of aromatic nitrogens is 2. The van der Waals surface area contributed by atoms with Crippen LogP contribution in [0.3, 0.4) is 0 Å². The Morgan fingerprint density at radius 3 is 2.81 bits per heavy atom. The van der Waals surface area contributed by atoms with Crippen LogP contribution in [-0.2, 0) is 0 Å². The predicted octanol–water partition coefficient (Wildman–Crippen LogP) is 3.14. The predicted molar refractivity (Wildman–Crippen MR) is 86.4 cm³/mol. The van der Waals surface area contributed by atoms with Crippen LogP contribution >= 0.6 is 0 Å². The van der Waals surface area contributed by atoms with Crippen molar-refractivity contribution in [3.63, 3.8) is 0 Å². The smallest absolute Gasteiger partial charge is 0.126 e. The molecule has 1 aromatic carbocycles. The number of nitrogens with one attached hydrogen (secondary N) is 1. The average molecular weight is 285 g/mol. The summed E-state index contributed by atoms with van der Waals surface area (Å²) in [5.74, 6) is 0.895. The lowest BCUT2D eigenvalue weighted by molar-refractivity contribution is 0.376. The van der Waals surface area contributed by atoms with E-state index in [2.05, 4.69) is 36.4 Å². The van der Waals surface area contributed by atoms with Gasteiger partial charge in [-0.05, 0) is 26.0 Å². The Morgan fingerprint density at radius 1 is 1.29 bits per heavy atom. The summed E-state index contributed by atoms with van der Waals surface area (Å²) in [6, 6.07) is 10.6. The van der Waals surface area contributed by atoms with Gasteiger partial charge in [0.2, 0.25) is 0 Å². The lowest BCUT2D eigenvalue weighted by atomic mass is 10.1. The third-order valence-corrected chi connectivity index (χ3v) is 3.66. The Morgan fingerprint density at radius 2 is 2.10 bits per heavy atom. The van der Waals surface area contributed by atoms with Crippen molar-refractivity contribution in [1.82, 2.24) is 15.1 Å². The molecular formula is C17H23N3O. The van der Waals surface area contributed by atoms with E-state index in [1.807, 2.05) is 47.4 Å². The van der Waals surface area contributed by atoms with E-state index < -0.39 is 0 Å². The van der Waals surface area contributed by atoms with Gasteiger partial charge in [-0.2, -0.15) is 5.10 Å². The first-order valence-electron chi connectivity index (χ1n) is 7.24. The summed E-state index contributed by atoms with van der Waals surface area (Å²) in [5.41, 5.74) is 1.09. The van der Waals surface area contributed by atoms with Crippen molar-refractivity contribution >= 4 is 6.08 Å². The quantitative estimate of drug-likeness (QED) is 0.849. The molecule has 0 aliphatic carbocycles. The van der Waals surface area contributed by atoms with E-state index in [0.717, 1.165) is 17.9 Å². The highest BCUT2D eigenvalue weighted by Crippen LogP contribution is 2.18. The van der Waals surface area contributed by atoms with Gasteiger partial charge in [-0.15, -0.1) is 0 Å². The molecule has 0 bridgehead atoms. The van der Waals surface area contributed by atoms with Crippen molar-refractivity contribution in [2.45, 2.75) is 25.9 Å². The molecule has 21 heavy (non-hydrogen) atoms. The molecular weight excluding hydrogens is 262 g/mol. The van der Waals surface area contributed by atoms with Gasteiger partial charge in [0, 0.05) is 30.5 Å². The van der Waals surface area contributed by atoms with Crippen molar-refractivity contribution in [2.75, 3.05) is 13.7 Å². The Bertz CT molecular complexity index is 563. The van der Waals surface area contributed by atoms with Crippen LogP contribution in [0, 0.1) is 0 Å². The van der Waals surface area contributed by atoms with Crippen molar-refractivity contribution < 1.29 is 4.74 Å². The van der Waals surface area contributed by atoms with Crippen molar-refractivity contribution in [1.29, 1.82) is 0 Å². The molecule has 1 aromatic heterocycles. The highest BCUT2D eigenvalue weighted by molar-refractivity contribution is 5.57. The number of para-hydroxylation sites is 1. The molecule has 2 unspecified atom stereocenters. The van der Waals surface area contributed by atoms with Gasteiger partial charge in [0.25, 0.3) is 0 Å². The second-order valence-electron chi connectivity index (χ2n) is 5.07. The van der Waals surface area contributed by atoms with Gasteiger partial charge >= 0.3 is 0 Å². The van der Waals surface area contributed by atoms with Crippen LogP contribution in [0.5, 0.6) is 5.75 Å². The molecule has 2 atom stereocenters. The highest BCUT2D eigenvalue weighted by Gasteiger charge is 2.12. The Balaban J connectivity index is 1.85. The van der Waals surface area contributed by atoms with Gasteiger partial charge in [0.05, 0.1) is 13.2 Å². The summed E-state index contributed by atoms with van der Waals surface area (Å²) in [5, 5.41) is 7.77. The fourth-order valence-electron chi connectivity index (χ4n) is 2.17. The molecule has 0 aliphatic rings. The Kier molecular flexibility index (Phi) is 5.58. The zero-order chi connectivity index (χ0) is 15.1. The average Bonchev–Trinajstić information content (AvgIpc) is 3.05. The second kappa shape index (κ2) is 7.64. The maximum atomic E-state index is 5.33. The van der Waals surface area contributed by atoms with E-state index in [4.69, 9.17) is 4.74 Å². The molecule has 1 heterocycles. The van der Waals surface area contributed by atoms with Crippen LogP contribution in [0.2, 0.25) is 0 Å². The molecule has 0 saturated carbocycles. The molecule has 112 valence electrons. The molecule has 2 rings (SSSR count). The molecule has 0 radical (unpaired) electrons. The fraction of sp³-hybridized carbons (Fsp3) is 0.353. The molecule has 0 amide bonds. The summed E-state index contributed by atoms with van der Waals surface area (Å²) in [4.78, 5) is 0. The van der Waals surface area contributed by atoms with Gasteiger partial charge in [0.15, 0.2) is 0 Å². The van der Waals surface area contributed by atoms with Gasteiger partial charge in [-0.3, -0.25) is 4.68 Å². The van der Waals surface area contributed by atoms with Crippen LogP contribution in [-0.4, -0.2) is 29.5 Å². The lowest BCUT2D eigenvalue weighted by Gasteiger charge is -2.21. The minimum atomic E-state index is 0.319. The zero-order valence-electron chi connectivity index (χ0n) is 12.9. The van der Waals surface area contributed by atoms with E-state index in [-0.39, 0.29) is 0 Å². The SMILES string of the molecule is COc1ccccc1/C=C/CNC(C)C(C)n1cccn1. The number of hydrogen-bond donors (Lipinski definition) is 1. The molecule has 0 spiro atoms. The standard InChI is InChI=1S/C17H23N3O/c1-14(15(2)20-13-7-12-19-20)18-11-6-9-16-8-4-5-10-17(16)21-3/h4-10,12-15,18H,11H2,1-3H3/b9-6+. The van der Waals surface area contributed by atoms with E-state index in [9.17, 15) is 0 Å². The van der Waals surface area contributed by atoms with Crippen LogP contribution < -0.4 is 10.1 Å². The number of nitrogens with zero attached hydrogens (tertiary/aromatic N) is 2. The van der Waals surface area contributed by atoms with Crippen molar-refractivity contribution in [3.05, 3.63) is 54.4 Å². The number of ether oxygens (including phenoxy) is 1. The Hall–Kier alpha value is -2.07. The van der Waals surface area contributed by atoms with E-state index in [1.54, 1.807) is 7.11 Å². The minimum Gasteiger partial charge on any atom is -0.496 e. The van der Waals surface area contributed by atoms with Gasteiger partial charge < -0.3 is 10.1 Å². The van der Waals surface area contributed by atoms with Crippen molar-refractivity contribution in [3.8, 4) is 5.75 Å². The molecule has 0 aliphatic heterocycles. The molecule has 0 fully saturated rings. The van der Waals surface area contributed by atoms with Gasteiger partial charge in [-0.1, -0.05) is 30.4 Å². The normalized spacial score (nSPS) is 14.2. The molecule has 4 heteroatoms. The summed E-state index contributed by atoms with van der Waals surface area (Å²) in [6.07, 6.45) is 8.00. The maximum Gasteiger partial charge on any atom is 0.126 e. The minimum absolute atomic E-state index is 0.319. The lowest BCUT2D eigenvalue weighted by Crippen LogP contribution is -2.34. The summed E-state index contributed by atoms with van der Waals surface area (Å²) < 4.78 is 7.30. The highest BCUT2D eigenvalue weighted by atomic mass is 16.5. The van der Waals surface area contributed by atoms with Crippen LogP contribution in [0.4, 0.5) is 0 Å². The number of methoxy groups -OCH3 is 1. The summed E-state index contributed by atoms with van der Waals surface area (Å²) >= 11 is 0. The van der Waals surface area contributed by atoms with Gasteiger partial charge in [0.1, 0.15) is 5.75 Å². The topological polar surface area (TPSA) is 39.1 Å². The second-order valence-corrected chi connectivity index (χ2v) is 5.07. The van der Waals surface area contributed by atoms with Crippen molar-refractivity contribution in [2.24, 2.45) is 0 Å². The molecule has 2 aromatic rings. The summed E-state index contributed by atoms with van der Waals surface area (Å²) in [7, 11) is 1.69. The van der Waals surface area contributed by atoms with Crippen LogP contribution in [0.1, 0.15) is 25.5 Å². The molecule has 0 saturated heterocycles. The van der Waals surface area contributed by atoms with E-state index in [1.165, 1.54) is 0 Å². The first kappa shape index (κ1) is 15.3. The first-order chi connectivity index (χ1) is 10.2. The number of rotatable bonds is 7. The maximum absolute atomic E-state index is 5.33. The van der Waals surface area contributed by atoms with Crippen LogP contribution in [0.15, 0.2) is 48.8 Å². The number of hydrogen-bond acceptors (Lipinski definition) is 3. The third kappa shape index (κ3) is 4.20. The van der Waals surface area contributed by atoms with Gasteiger partial charge in [-0.25, -0.2) is 0 Å².